The Morgan fingerprint density at radius 2 is 2.29 bits per heavy atom. The molecule has 2 heterocycles. The Bertz CT molecular complexity index is 386. The first-order chi connectivity index (χ1) is 8.20. The van der Waals surface area contributed by atoms with Crippen molar-refractivity contribution in [2.24, 2.45) is 5.92 Å². The van der Waals surface area contributed by atoms with Crippen molar-refractivity contribution in [1.29, 1.82) is 0 Å². The number of thiophene rings is 1. The summed E-state index contributed by atoms with van der Waals surface area (Å²) in [5.74, 6) is 0.896. The average molecular weight is 317 g/mol. The molecule has 2 rings (SSSR count). The average Bonchev–Trinajstić information content (AvgIpc) is 2.76. The Morgan fingerprint density at radius 1 is 1.59 bits per heavy atom. The molecule has 1 aromatic heterocycles. The smallest absolute Gasteiger partial charge is 0.254 e. The molecule has 0 spiro atoms. The molecule has 1 amide bonds. The van der Waals surface area contributed by atoms with Gasteiger partial charge in [0.05, 0.1) is 9.35 Å². The van der Waals surface area contributed by atoms with Gasteiger partial charge < -0.3 is 10.2 Å². The number of rotatable bonds is 3. The SMILES string of the molecule is CNCC1CCN(C(=O)c2csc(Br)c2)CC1. The minimum absolute atomic E-state index is 0.176. The molecule has 1 fully saturated rings. The fourth-order valence-corrected chi connectivity index (χ4v) is 3.36. The van der Waals surface area contributed by atoms with Crippen molar-refractivity contribution >= 4 is 33.2 Å². The van der Waals surface area contributed by atoms with Crippen molar-refractivity contribution in [3.8, 4) is 0 Å². The van der Waals surface area contributed by atoms with E-state index in [1.165, 1.54) is 0 Å². The highest BCUT2D eigenvalue weighted by atomic mass is 79.9. The lowest BCUT2D eigenvalue weighted by Gasteiger charge is -2.31. The van der Waals surface area contributed by atoms with Gasteiger partial charge in [0.1, 0.15) is 0 Å². The molecule has 94 valence electrons. The van der Waals surface area contributed by atoms with Gasteiger partial charge in [0.15, 0.2) is 0 Å². The van der Waals surface area contributed by atoms with Crippen LogP contribution in [0.4, 0.5) is 0 Å². The third-order valence-electron chi connectivity index (χ3n) is 3.21. The maximum absolute atomic E-state index is 12.2. The summed E-state index contributed by atoms with van der Waals surface area (Å²) in [6.45, 7) is 2.84. The van der Waals surface area contributed by atoms with Crippen LogP contribution >= 0.6 is 27.3 Å². The van der Waals surface area contributed by atoms with E-state index in [1.54, 1.807) is 11.3 Å². The molecule has 1 N–H and O–H groups in total. The van der Waals surface area contributed by atoms with Gasteiger partial charge in [-0.1, -0.05) is 0 Å². The van der Waals surface area contributed by atoms with Crippen LogP contribution in [0.3, 0.4) is 0 Å². The molecule has 0 aromatic carbocycles. The van der Waals surface area contributed by atoms with E-state index in [0.717, 1.165) is 47.7 Å². The summed E-state index contributed by atoms with van der Waals surface area (Å²) >= 11 is 4.96. The number of piperidine rings is 1. The Balaban J connectivity index is 1.90. The molecule has 0 radical (unpaired) electrons. The number of amides is 1. The number of likely N-dealkylation sites (tertiary alicyclic amines) is 1. The van der Waals surface area contributed by atoms with E-state index >= 15 is 0 Å². The van der Waals surface area contributed by atoms with Crippen LogP contribution in [0.2, 0.25) is 0 Å². The molecule has 1 aliphatic heterocycles. The summed E-state index contributed by atoms with van der Waals surface area (Å²) in [5.41, 5.74) is 0.814. The van der Waals surface area contributed by atoms with Crippen LogP contribution in [0.25, 0.3) is 0 Å². The first kappa shape index (κ1) is 13.1. The van der Waals surface area contributed by atoms with Crippen LogP contribution in [0.1, 0.15) is 23.2 Å². The van der Waals surface area contributed by atoms with Crippen molar-refractivity contribution in [2.45, 2.75) is 12.8 Å². The molecular formula is C12H17BrN2OS. The van der Waals surface area contributed by atoms with Crippen LogP contribution < -0.4 is 5.32 Å². The maximum Gasteiger partial charge on any atom is 0.254 e. The van der Waals surface area contributed by atoms with Crippen molar-refractivity contribution in [2.75, 3.05) is 26.7 Å². The molecule has 0 unspecified atom stereocenters. The van der Waals surface area contributed by atoms with Crippen molar-refractivity contribution in [1.82, 2.24) is 10.2 Å². The summed E-state index contributed by atoms with van der Waals surface area (Å²) in [6, 6.07) is 1.91. The zero-order valence-corrected chi connectivity index (χ0v) is 12.3. The number of carbonyl (C=O) groups is 1. The van der Waals surface area contributed by atoms with E-state index in [0.29, 0.717) is 0 Å². The van der Waals surface area contributed by atoms with E-state index < -0.39 is 0 Å². The summed E-state index contributed by atoms with van der Waals surface area (Å²) in [5, 5.41) is 5.13. The number of halogens is 1. The maximum atomic E-state index is 12.2. The van der Waals surface area contributed by atoms with Gasteiger partial charge >= 0.3 is 0 Å². The highest BCUT2D eigenvalue weighted by Gasteiger charge is 2.23. The topological polar surface area (TPSA) is 32.3 Å². The van der Waals surface area contributed by atoms with Crippen LogP contribution in [0.5, 0.6) is 0 Å². The van der Waals surface area contributed by atoms with Gasteiger partial charge in [0.2, 0.25) is 0 Å². The van der Waals surface area contributed by atoms with E-state index in [2.05, 4.69) is 21.2 Å². The highest BCUT2D eigenvalue weighted by Crippen LogP contribution is 2.24. The monoisotopic (exact) mass is 316 g/mol. The molecule has 1 aromatic rings. The van der Waals surface area contributed by atoms with Crippen LogP contribution in [-0.4, -0.2) is 37.5 Å². The number of nitrogens with one attached hydrogen (secondary N) is 1. The van der Waals surface area contributed by atoms with Gasteiger partial charge in [-0.25, -0.2) is 0 Å². The molecule has 1 saturated heterocycles. The molecule has 17 heavy (non-hydrogen) atoms. The van der Waals surface area contributed by atoms with Gasteiger partial charge in [-0.15, -0.1) is 11.3 Å². The molecular weight excluding hydrogens is 300 g/mol. The van der Waals surface area contributed by atoms with Gasteiger partial charge in [-0.05, 0) is 54.3 Å². The zero-order valence-electron chi connectivity index (χ0n) is 9.91. The van der Waals surface area contributed by atoms with Gasteiger partial charge in [-0.3, -0.25) is 4.79 Å². The summed E-state index contributed by atoms with van der Waals surface area (Å²) in [6.07, 6.45) is 2.22. The van der Waals surface area contributed by atoms with E-state index in [4.69, 9.17) is 0 Å². The summed E-state index contributed by atoms with van der Waals surface area (Å²) < 4.78 is 1.02. The van der Waals surface area contributed by atoms with Gasteiger partial charge in [0.25, 0.3) is 5.91 Å². The minimum Gasteiger partial charge on any atom is -0.339 e. The summed E-state index contributed by atoms with van der Waals surface area (Å²) in [4.78, 5) is 14.1. The zero-order chi connectivity index (χ0) is 12.3. The number of nitrogens with zero attached hydrogens (tertiary/aromatic N) is 1. The second-order valence-corrected chi connectivity index (χ2v) is 6.72. The van der Waals surface area contributed by atoms with Crippen LogP contribution in [-0.2, 0) is 0 Å². The normalized spacial score (nSPS) is 17.4. The van der Waals surface area contributed by atoms with Crippen molar-refractivity contribution < 1.29 is 4.79 Å². The summed E-state index contributed by atoms with van der Waals surface area (Å²) in [7, 11) is 1.99. The standard InChI is InChI=1S/C12H17BrN2OS/c1-14-7-9-2-4-15(5-3-9)12(16)10-6-11(13)17-8-10/h6,8-9,14H,2-5,7H2,1H3. The third-order valence-corrected chi connectivity index (χ3v) is 4.71. The van der Waals surface area contributed by atoms with E-state index in [-0.39, 0.29) is 5.91 Å². The number of carbonyl (C=O) groups excluding carboxylic acids is 1. The molecule has 0 bridgehead atoms. The minimum atomic E-state index is 0.176. The Kier molecular flexibility index (Phi) is 4.59. The molecule has 3 nitrogen and oxygen atoms in total. The Morgan fingerprint density at radius 3 is 2.82 bits per heavy atom. The molecule has 1 aliphatic rings. The van der Waals surface area contributed by atoms with Crippen LogP contribution in [0, 0.1) is 5.92 Å². The predicted molar refractivity (Wildman–Crippen MR) is 74.6 cm³/mol. The lowest BCUT2D eigenvalue weighted by atomic mass is 9.96. The second-order valence-electron chi connectivity index (χ2n) is 4.43. The van der Waals surface area contributed by atoms with Crippen LogP contribution in [0.15, 0.2) is 15.2 Å². The van der Waals surface area contributed by atoms with E-state index in [1.807, 2.05) is 23.4 Å². The predicted octanol–water partition coefficient (Wildman–Crippen LogP) is 2.58. The quantitative estimate of drug-likeness (QED) is 0.929. The molecule has 5 heteroatoms. The Labute approximate surface area is 114 Å². The third kappa shape index (κ3) is 3.30. The first-order valence-electron chi connectivity index (χ1n) is 5.88. The molecule has 0 atom stereocenters. The fourth-order valence-electron chi connectivity index (χ4n) is 2.23. The van der Waals surface area contributed by atoms with E-state index in [9.17, 15) is 4.79 Å². The Hall–Kier alpha value is -0.390. The first-order valence-corrected chi connectivity index (χ1v) is 7.56. The lowest BCUT2D eigenvalue weighted by Crippen LogP contribution is -2.40. The number of hydrogen-bond donors (Lipinski definition) is 1. The van der Waals surface area contributed by atoms with Crippen molar-refractivity contribution in [3.05, 3.63) is 20.8 Å². The van der Waals surface area contributed by atoms with Gasteiger partial charge in [0, 0.05) is 18.5 Å². The highest BCUT2D eigenvalue weighted by molar-refractivity contribution is 9.11. The van der Waals surface area contributed by atoms with Gasteiger partial charge in [-0.2, -0.15) is 0 Å². The lowest BCUT2D eigenvalue weighted by molar-refractivity contribution is 0.0691. The van der Waals surface area contributed by atoms with Crippen molar-refractivity contribution in [3.63, 3.8) is 0 Å². The second kappa shape index (κ2) is 5.98. The largest absolute Gasteiger partial charge is 0.339 e. The molecule has 0 saturated carbocycles. The number of hydrogen-bond acceptors (Lipinski definition) is 3. The molecule has 0 aliphatic carbocycles. The fraction of sp³-hybridized carbons (Fsp3) is 0.583.